The van der Waals surface area contributed by atoms with Crippen LogP contribution in [-0.4, -0.2) is 69.8 Å². The molecule has 7 nitrogen and oxygen atoms in total. The molecule has 3 aliphatic rings. The summed E-state index contributed by atoms with van der Waals surface area (Å²) in [7, 11) is 0. The molecule has 0 aromatic carbocycles. The number of rotatable bonds is 5. The summed E-state index contributed by atoms with van der Waals surface area (Å²) in [6.45, 7) is 4.05. The van der Waals surface area contributed by atoms with Gasteiger partial charge in [0.15, 0.2) is 0 Å². The van der Waals surface area contributed by atoms with Crippen molar-refractivity contribution in [3.8, 4) is 0 Å². The Morgan fingerprint density at radius 2 is 1.92 bits per heavy atom. The van der Waals surface area contributed by atoms with Crippen LogP contribution in [0.1, 0.15) is 37.7 Å². The van der Waals surface area contributed by atoms with E-state index >= 15 is 0 Å². The van der Waals surface area contributed by atoms with Crippen LogP contribution in [0.15, 0.2) is 18.7 Å². The van der Waals surface area contributed by atoms with Crippen molar-refractivity contribution < 1.29 is 9.59 Å². The van der Waals surface area contributed by atoms with Crippen LogP contribution in [0.2, 0.25) is 0 Å². The van der Waals surface area contributed by atoms with E-state index in [1.807, 2.05) is 4.90 Å². The highest BCUT2D eigenvalue weighted by Gasteiger charge is 2.49. The summed E-state index contributed by atoms with van der Waals surface area (Å²) >= 11 is 0. The Bertz CT molecular complexity index is 653. The molecule has 1 aliphatic carbocycles. The third-order valence-corrected chi connectivity index (χ3v) is 6.06. The largest absolute Gasteiger partial charge is 0.353 e. The molecule has 1 aromatic heterocycles. The molecular formula is C19H27N5O2. The SMILES string of the molecule is O=C(CCc1cncnc1)N1CCC2(CC1)C(=O)NCCN2CC1CC1. The number of carbonyl (C=O) groups excluding carboxylic acids is 2. The monoisotopic (exact) mass is 357 g/mol. The van der Waals surface area contributed by atoms with Gasteiger partial charge in [0.05, 0.1) is 0 Å². The fraction of sp³-hybridized carbons (Fsp3) is 0.684. The average Bonchev–Trinajstić information content (AvgIpc) is 3.49. The molecule has 2 aliphatic heterocycles. The Hall–Kier alpha value is -2.02. The van der Waals surface area contributed by atoms with Crippen LogP contribution in [0.5, 0.6) is 0 Å². The molecule has 2 amide bonds. The molecule has 2 saturated heterocycles. The van der Waals surface area contributed by atoms with Gasteiger partial charge >= 0.3 is 0 Å². The zero-order valence-electron chi connectivity index (χ0n) is 15.2. The number of nitrogens with one attached hydrogen (secondary N) is 1. The first-order chi connectivity index (χ1) is 12.7. The van der Waals surface area contributed by atoms with Crippen LogP contribution in [0, 0.1) is 5.92 Å². The van der Waals surface area contributed by atoms with Gasteiger partial charge < -0.3 is 10.2 Å². The van der Waals surface area contributed by atoms with E-state index in [0.29, 0.717) is 25.9 Å². The van der Waals surface area contributed by atoms with Crippen molar-refractivity contribution in [2.24, 2.45) is 5.92 Å². The summed E-state index contributed by atoms with van der Waals surface area (Å²) in [4.78, 5) is 37.6. The number of amides is 2. The summed E-state index contributed by atoms with van der Waals surface area (Å²) in [5, 5.41) is 3.06. The van der Waals surface area contributed by atoms with Crippen LogP contribution in [0.4, 0.5) is 0 Å². The highest BCUT2D eigenvalue weighted by atomic mass is 16.2. The van der Waals surface area contributed by atoms with Gasteiger partial charge in [0.1, 0.15) is 11.9 Å². The van der Waals surface area contributed by atoms with Crippen molar-refractivity contribution in [3.63, 3.8) is 0 Å². The van der Waals surface area contributed by atoms with Crippen LogP contribution in [0.25, 0.3) is 0 Å². The maximum absolute atomic E-state index is 12.7. The van der Waals surface area contributed by atoms with Crippen molar-refractivity contribution in [2.75, 3.05) is 32.7 Å². The van der Waals surface area contributed by atoms with Crippen molar-refractivity contribution in [3.05, 3.63) is 24.3 Å². The zero-order valence-corrected chi connectivity index (χ0v) is 15.2. The maximum atomic E-state index is 12.7. The minimum Gasteiger partial charge on any atom is -0.353 e. The fourth-order valence-electron chi connectivity index (χ4n) is 4.24. The lowest BCUT2D eigenvalue weighted by Gasteiger charge is -2.50. The molecule has 1 aromatic rings. The zero-order chi connectivity index (χ0) is 18.0. The van der Waals surface area contributed by atoms with Gasteiger partial charge in [0.25, 0.3) is 0 Å². The van der Waals surface area contributed by atoms with Crippen molar-refractivity contribution in [1.82, 2.24) is 25.1 Å². The molecular weight excluding hydrogens is 330 g/mol. The molecule has 0 bridgehead atoms. The Morgan fingerprint density at radius 3 is 2.62 bits per heavy atom. The summed E-state index contributed by atoms with van der Waals surface area (Å²) in [5.41, 5.74) is 0.585. The van der Waals surface area contributed by atoms with Gasteiger partial charge in [-0.15, -0.1) is 0 Å². The highest BCUT2D eigenvalue weighted by Crippen LogP contribution is 2.37. The lowest BCUT2D eigenvalue weighted by Crippen LogP contribution is -2.68. The summed E-state index contributed by atoms with van der Waals surface area (Å²) in [6, 6.07) is 0. The van der Waals surface area contributed by atoms with E-state index in [2.05, 4.69) is 20.2 Å². The van der Waals surface area contributed by atoms with E-state index in [1.165, 1.54) is 19.2 Å². The van der Waals surface area contributed by atoms with Crippen LogP contribution < -0.4 is 5.32 Å². The summed E-state index contributed by atoms with van der Waals surface area (Å²) < 4.78 is 0. The second-order valence-corrected chi connectivity index (χ2v) is 7.80. The standard InChI is InChI=1S/C19H27N5O2/c25-17(4-3-16-11-20-14-21-12-16)23-8-5-19(6-9-23)18(26)22-7-10-24(19)13-15-1-2-15/h11-12,14-15H,1-10,13H2,(H,22,26). The highest BCUT2D eigenvalue weighted by molar-refractivity contribution is 5.87. The first-order valence-electron chi connectivity index (χ1n) is 9.72. The molecule has 1 saturated carbocycles. The molecule has 0 unspecified atom stereocenters. The maximum Gasteiger partial charge on any atom is 0.240 e. The topological polar surface area (TPSA) is 78.4 Å². The molecule has 1 spiro atoms. The Kier molecular flexibility index (Phi) is 4.89. The molecule has 1 N–H and O–H groups in total. The van der Waals surface area contributed by atoms with Gasteiger partial charge in [-0.1, -0.05) is 0 Å². The van der Waals surface area contributed by atoms with E-state index in [4.69, 9.17) is 0 Å². The quantitative estimate of drug-likeness (QED) is 0.835. The van der Waals surface area contributed by atoms with E-state index in [-0.39, 0.29) is 11.8 Å². The second-order valence-electron chi connectivity index (χ2n) is 7.80. The van der Waals surface area contributed by atoms with Gasteiger partial charge in [-0.05, 0) is 43.6 Å². The minimum absolute atomic E-state index is 0.161. The number of nitrogens with zero attached hydrogens (tertiary/aromatic N) is 4. The molecule has 3 fully saturated rings. The van der Waals surface area contributed by atoms with Gasteiger partial charge in [0.2, 0.25) is 11.8 Å². The van der Waals surface area contributed by atoms with Crippen molar-refractivity contribution in [1.29, 1.82) is 0 Å². The first-order valence-corrected chi connectivity index (χ1v) is 9.72. The molecule has 26 heavy (non-hydrogen) atoms. The van der Waals surface area contributed by atoms with Gasteiger partial charge in [-0.3, -0.25) is 14.5 Å². The summed E-state index contributed by atoms with van der Waals surface area (Å²) in [5.74, 6) is 1.09. The van der Waals surface area contributed by atoms with E-state index in [9.17, 15) is 9.59 Å². The third-order valence-electron chi connectivity index (χ3n) is 6.06. The average molecular weight is 357 g/mol. The van der Waals surface area contributed by atoms with Crippen LogP contribution in [-0.2, 0) is 16.0 Å². The number of carbonyl (C=O) groups is 2. The number of piperidine rings is 1. The fourth-order valence-corrected chi connectivity index (χ4v) is 4.24. The predicted molar refractivity (Wildman–Crippen MR) is 96.2 cm³/mol. The Morgan fingerprint density at radius 1 is 1.19 bits per heavy atom. The lowest BCUT2D eigenvalue weighted by molar-refractivity contribution is -0.146. The van der Waals surface area contributed by atoms with Gasteiger partial charge in [-0.2, -0.15) is 0 Å². The first kappa shape index (κ1) is 17.4. The molecule has 3 heterocycles. The molecule has 0 atom stereocenters. The minimum atomic E-state index is -0.398. The number of likely N-dealkylation sites (tertiary alicyclic amines) is 1. The second kappa shape index (κ2) is 7.31. The Labute approximate surface area is 154 Å². The molecule has 140 valence electrons. The van der Waals surface area contributed by atoms with Gasteiger partial charge in [0, 0.05) is 51.5 Å². The number of piperazine rings is 1. The van der Waals surface area contributed by atoms with E-state index in [0.717, 1.165) is 44.0 Å². The van der Waals surface area contributed by atoms with Crippen LogP contribution in [0.3, 0.4) is 0 Å². The normalized spacial score (nSPS) is 23.1. The number of hydrogen-bond donors (Lipinski definition) is 1. The predicted octanol–water partition coefficient (Wildman–Crippen LogP) is 0.612. The van der Waals surface area contributed by atoms with Crippen LogP contribution >= 0.6 is 0 Å². The van der Waals surface area contributed by atoms with Crippen molar-refractivity contribution >= 4 is 11.8 Å². The number of aromatic nitrogens is 2. The number of hydrogen-bond acceptors (Lipinski definition) is 5. The smallest absolute Gasteiger partial charge is 0.240 e. The summed E-state index contributed by atoms with van der Waals surface area (Å²) in [6.07, 6.45) is 10.2. The lowest BCUT2D eigenvalue weighted by atomic mass is 9.82. The van der Waals surface area contributed by atoms with Gasteiger partial charge in [-0.25, -0.2) is 9.97 Å². The molecule has 7 heteroatoms. The third kappa shape index (κ3) is 3.58. The Balaban J connectivity index is 1.34. The van der Waals surface area contributed by atoms with E-state index in [1.54, 1.807) is 12.4 Å². The van der Waals surface area contributed by atoms with E-state index < -0.39 is 5.54 Å². The number of aryl methyl sites for hydroxylation is 1. The molecule has 4 rings (SSSR count). The molecule has 0 radical (unpaired) electrons. The van der Waals surface area contributed by atoms with Crippen molar-refractivity contribution in [2.45, 2.75) is 44.1 Å².